The Morgan fingerprint density at radius 3 is 1.96 bits per heavy atom. The minimum absolute atomic E-state index is 0.149. The van der Waals surface area contributed by atoms with Crippen molar-refractivity contribution in [3.8, 4) is 0 Å². The third-order valence-electron chi connectivity index (χ3n) is 3.69. The van der Waals surface area contributed by atoms with Gasteiger partial charge in [-0.15, -0.1) is 0 Å². The van der Waals surface area contributed by atoms with Crippen LogP contribution in [0, 0.1) is 0 Å². The van der Waals surface area contributed by atoms with Crippen molar-refractivity contribution in [3.63, 3.8) is 0 Å². The molecule has 2 aromatic carbocycles. The molecule has 2 aromatic rings. The zero-order valence-electron chi connectivity index (χ0n) is 14.6. The molecule has 3 rings (SSSR count). The Balaban J connectivity index is 0.000000187. The molecule has 1 heterocycles. The van der Waals surface area contributed by atoms with E-state index in [0.29, 0.717) is 19.8 Å². The summed E-state index contributed by atoms with van der Waals surface area (Å²) >= 11 is 0. The molecule has 6 heteroatoms. The fourth-order valence-electron chi connectivity index (χ4n) is 2.25. The molecule has 0 amide bonds. The molecule has 1 saturated heterocycles. The molecule has 1 aliphatic heterocycles. The van der Waals surface area contributed by atoms with Crippen molar-refractivity contribution in [2.45, 2.75) is 25.1 Å². The second-order valence-electron chi connectivity index (χ2n) is 5.85. The Bertz CT molecular complexity index is 580. The Hall–Kier alpha value is -1.80. The molecule has 1 fully saturated rings. The summed E-state index contributed by atoms with van der Waals surface area (Å²) in [4.78, 5) is 0. The van der Waals surface area contributed by atoms with Gasteiger partial charge >= 0.3 is 0 Å². The van der Waals surface area contributed by atoms with E-state index < -0.39 is 12.2 Å². The van der Waals surface area contributed by atoms with Crippen molar-refractivity contribution in [2.24, 2.45) is 0 Å². The van der Waals surface area contributed by atoms with E-state index in [1.54, 1.807) is 0 Å². The number of aliphatic hydroxyl groups is 3. The SMILES string of the molecule is OC1COC(c2ccccc2)OC1.OCC(CO)OCc1ccccc1. The molecular weight excluding hydrogens is 336 g/mol. The van der Waals surface area contributed by atoms with Gasteiger partial charge in [0.05, 0.1) is 33.0 Å². The van der Waals surface area contributed by atoms with Crippen LogP contribution >= 0.6 is 0 Å². The standard InChI is InChI=1S/C10H12O3.C10H14O3/c11-9-6-12-10(13-7-9)8-4-2-1-3-5-8;11-6-10(7-12)13-8-9-4-2-1-3-5-9/h1-5,9-11H,6-7H2;1-5,10-12H,6-8H2. The van der Waals surface area contributed by atoms with Crippen LogP contribution in [0.15, 0.2) is 60.7 Å². The zero-order valence-corrected chi connectivity index (χ0v) is 14.6. The Labute approximate surface area is 153 Å². The molecule has 0 aromatic heterocycles. The predicted molar refractivity (Wildman–Crippen MR) is 96.3 cm³/mol. The maximum Gasteiger partial charge on any atom is 0.184 e. The fourth-order valence-corrected chi connectivity index (χ4v) is 2.25. The van der Waals surface area contributed by atoms with E-state index in [0.717, 1.165) is 11.1 Å². The molecule has 142 valence electrons. The first-order chi connectivity index (χ1) is 12.7. The monoisotopic (exact) mass is 362 g/mol. The van der Waals surface area contributed by atoms with Gasteiger partial charge in [-0.25, -0.2) is 0 Å². The van der Waals surface area contributed by atoms with Crippen molar-refractivity contribution in [2.75, 3.05) is 26.4 Å². The topological polar surface area (TPSA) is 88.4 Å². The zero-order chi connectivity index (χ0) is 18.6. The lowest BCUT2D eigenvalue weighted by Gasteiger charge is -2.26. The second kappa shape index (κ2) is 11.7. The largest absolute Gasteiger partial charge is 0.394 e. The second-order valence-corrected chi connectivity index (χ2v) is 5.85. The van der Waals surface area contributed by atoms with Gasteiger partial charge in [-0.05, 0) is 5.56 Å². The molecule has 26 heavy (non-hydrogen) atoms. The lowest BCUT2D eigenvalue weighted by molar-refractivity contribution is -0.220. The highest BCUT2D eigenvalue weighted by molar-refractivity contribution is 5.16. The molecule has 0 bridgehead atoms. The summed E-state index contributed by atoms with van der Waals surface area (Å²) in [5.41, 5.74) is 2.03. The molecule has 6 nitrogen and oxygen atoms in total. The van der Waals surface area contributed by atoms with Crippen molar-refractivity contribution >= 4 is 0 Å². The van der Waals surface area contributed by atoms with Gasteiger partial charge in [0.1, 0.15) is 12.2 Å². The van der Waals surface area contributed by atoms with Gasteiger partial charge in [-0.3, -0.25) is 0 Å². The van der Waals surface area contributed by atoms with Crippen LogP contribution < -0.4 is 0 Å². The summed E-state index contributed by atoms with van der Waals surface area (Å²) < 4.78 is 15.8. The maximum absolute atomic E-state index is 9.12. The summed E-state index contributed by atoms with van der Waals surface area (Å²) in [7, 11) is 0. The van der Waals surface area contributed by atoms with Crippen molar-refractivity contribution < 1.29 is 29.5 Å². The smallest absolute Gasteiger partial charge is 0.184 e. The molecule has 1 aliphatic rings. The van der Waals surface area contributed by atoms with Gasteiger partial charge in [0.2, 0.25) is 0 Å². The number of hydrogen-bond acceptors (Lipinski definition) is 6. The first-order valence-electron chi connectivity index (χ1n) is 8.56. The number of benzene rings is 2. The maximum atomic E-state index is 9.12. The highest BCUT2D eigenvalue weighted by atomic mass is 16.7. The number of aliphatic hydroxyl groups excluding tert-OH is 3. The van der Waals surface area contributed by atoms with Crippen LogP contribution in [-0.4, -0.2) is 54.0 Å². The quantitative estimate of drug-likeness (QED) is 0.724. The molecule has 3 N–H and O–H groups in total. The van der Waals surface area contributed by atoms with Gasteiger partial charge in [-0.2, -0.15) is 0 Å². The highest BCUT2D eigenvalue weighted by Gasteiger charge is 2.21. The average Bonchev–Trinajstić information content (AvgIpc) is 2.71. The lowest BCUT2D eigenvalue weighted by Crippen LogP contribution is -2.30. The number of ether oxygens (including phenoxy) is 3. The van der Waals surface area contributed by atoms with Crippen LogP contribution in [0.25, 0.3) is 0 Å². The van der Waals surface area contributed by atoms with E-state index in [4.69, 9.17) is 29.5 Å². The van der Waals surface area contributed by atoms with Crippen molar-refractivity contribution in [3.05, 3.63) is 71.8 Å². The third-order valence-corrected chi connectivity index (χ3v) is 3.69. The third kappa shape index (κ3) is 7.21. The molecule has 0 spiro atoms. The predicted octanol–water partition coefficient (Wildman–Crippen LogP) is 1.65. The minimum atomic E-state index is -0.486. The molecule has 0 saturated carbocycles. The summed E-state index contributed by atoms with van der Waals surface area (Å²) in [6.07, 6.45) is -1.27. The summed E-state index contributed by atoms with van der Waals surface area (Å²) in [6, 6.07) is 19.4. The minimum Gasteiger partial charge on any atom is -0.394 e. The van der Waals surface area contributed by atoms with Crippen molar-refractivity contribution in [1.29, 1.82) is 0 Å². The van der Waals surface area contributed by atoms with Gasteiger partial charge in [-0.1, -0.05) is 60.7 Å². The number of rotatable bonds is 6. The first kappa shape index (κ1) is 20.5. The normalized spacial score (nSPS) is 19.7. The lowest BCUT2D eigenvalue weighted by atomic mass is 10.2. The van der Waals surface area contributed by atoms with E-state index in [1.807, 2.05) is 60.7 Å². The van der Waals surface area contributed by atoms with E-state index in [1.165, 1.54) is 0 Å². The van der Waals surface area contributed by atoms with Crippen LogP contribution in [0.2, 0.25) is 0 Å². The van der Waals surface area contributed by atoms with Crippen LogP contribution in [0.4, 0.5) is 0 Å². The molecule has 0 unspecified atom stereocenters. The van der Waals surface area contributed by atoms with Crippen LogP contribution in [0.5, 0.6) is 0 Å². The molecule has 0 radical (unpaired) electrons. The summed E-state index contributed by atoms with van der Waals surface area (Å²) in [5, 5.41) is 26.6. The van der Waals surface area contributed by atoms with E-state index in [-0.39, 0.29) is 19.5 Å². The van der Waals surface area contributed by atoms with Gasteiger partial charge in [0.15, 0.2) is 6.29 Å². The van der Waals surface area contributed by atoms with Crippen molar-refractivity contribution in [1.82, 2.24) is 0 Å². The Kier molecular flexibility index (Phi) is 9.27. The Morgan fingerprint density at radius 1 is 0.885 bits per heavy atom. The average molecular weight is 362 g/mol. The summed E-state index contributed by atoms with van der Waals surface area (Å²) in [6.45, 7) is 0.818. The van der Waals surface area contributed by atoms with Crippen LogP contribution in [-0.2, 0) is 20.8 Å². The first-order valence-corrected chi connectivity index (χ1v) is 8.56. The van der Waals surface area contributed by atoms with Gasteiger partial charge in [0.25, 0.3) is 0 Å². The molecular formula is C20H26O6. The van der Waals surface area contributed by atoms with E-state index in [9.17, 15) is 0 Å². The van der Waals surface area contributed by atoms with E-state index >= 15 is 0 Å². The number of hydrogen-bond donors (Lipinski definition) is 3. The molecule has 0 aliphatic carbocycles. The van der Waals surface area contributed by atoms with Gasteiger partial charge in [0, 0.05) is 5.56 Å². The Morgan fingerprint density at radius 2 is 1.42 bits per heavy atom. The van der Waals surface area contributed by atoms with Crippen LogP contribution in [0.1, 0.15) is 17.4 Å². The van der Waals surface area contributed by atoms with E-state index in [2.05, 4.69) is 0 Å². The highest BCUT2D eigenvalue weighted by Crippen LogP contribution is 2.22. The van der Waals surface area contributed by atoms with Crippen LogP contribution in [0.3, 0.4) is 0 Å². The summed E-state index contributed by atoms with van der Waals surface area (Å²) in [5.74, 6) is 0. The molecule has 0 atom stereocenters. The van der Waals surface area contributed by atoms with Gasteiger partial charge < -0.3 is 29.5 Å². The fraction of sp³-hybridized carbons (Fsp3) is 0.400.